The number of hydrogen-bond donors (Lipinski definition) is 3. The minimum absolute atomic E-state index is 0.112. The van der Waals surface area contributed by atoms with Crippen molar-refractivity contribution < 1.29 is 15.0 Å². The number of carbonyl (C=O) groups is 1. The molecule has 0 bridgehead atoms. The zero-order valence-corrected chi connectivity index (χ0v) is 11.0. The number of phenols is 1. The number of rotatable bonds is 4. The molecule has 2 rings (SSSR count). The van der Waals surface area contributed by atoms with Gasteiger partial charge in [0.25, 0.3) is 0 Å². The summed E-state index contributed by atoms with van der Waals surface area (Å²) in [6.07, 6.45) is 3.88. The average molecular weight is 263 g/mol. The van der Waals surface area contributed by atoms with Crippen molar-refractivity contribution in [3.63, 3.8) is 0 Å². The van der Waals surface area contributed by atoms with E-state index in [9.17, 15) is 15.0 Å². The van der Waals surface area contributed by atoms with Crippen molar-refractivity contribution in [3.8, 4) is 5.75 Å². The van der Waals surface area contributed by atoms with Crippen LogP contribution in [0.3, 0.4) is 0 Å². The van der Waals surface area contributed by atoms with Crippen LogP contribution in [-0.2, 0) is 11.2 Å². The van der Waals surface area contributed by atoms with Gasteiger partial charge in [-0.1, -0.05) is 31.0 Å². The summed E-state index contributed by atoms with van der Waals surface area (Å²) in [7, 11) is 0. The van der Waals surface area contributed by atoms with Crippen LogP contribution in [0.15, 0.2) is 24.3 Å². The SMILES string of the molecule is O=C(Cc1ccccc1O)NC[C@@H]1CCCC[C@@H]1O. The van der Waals surface area contributed by atoms with E-state index in [4.69, 9.17) is 0 Å². The van der Waals surface area contributed by atoms with Crippen LogP contribution in [0.5, 0.6) is 5.75 Å². The third-order valence-electron chi connectivity index (χ3n) is 3.77. The molecule has 0 aliphatic heterocycles. The normalized spacial score (nSPS) is 23.0. The van der Waals surface area contributed by atoms with Gasteiger partial charge in [-0.15, -0.1) is 0 Å². The summed E-state index contributed by atoms with van der Waals surface area (Å²) in [5.41, 5.74) is 0.629. The predicted molar refractivity (Wildman–Crippen MR) is 72.8 cm³/mol. The van der Waals surface area contributed by atoms with Gasteiger partial charge in [-0.2, -0.15) is 0 Å². The van der Waals surface area contributed by atoms with E-state index in [0.29, 0.717) is 12.1 Å². The smallest absolute Gasteiger partial charge is 0.224 e. The summed E-state index contributed by atoms with van der Waals surface area (Å²) in [6.45, 7) is 0.521. The molecular formula is C15H21NO3. The van der Waals surface area contributed by atoms with Crippen LogP contribution in [0.1, 0.15) is 31.2 Å². The van der Waals surface area contributed by atoms with Gasteiger partial charge in [0.15, 0.2) is 0 Å². The number of aromatic hydroxyl groups is 1. The van der Waals surface area contributed by atoms with Crippen molar-refractivity contribution in [2.45, 2.75) is 38.2 Å². The summed E-state index contributed by atoms with van der Waals surface area (Å²) in [5.74, 6) is 0.205. The highest BCUT2D eigenvalue weighted by atomic mass is 16.3. The summed E-state index contributed by atoms with van der Waals surface area (Å²) >= 11 is 0. The minimum Gasteiger partial charge on any atom is -0.508 e. The first-order chi connectivity index (χ1) is 9.16. The van der Waals surface area contributed by atoms with E-state index in [1.807, 2.05) is 0 Å². The Bertz CT molecular complexity index is 433. The molecule has 1 aliphatic rings. The maximum atomic E-state index is 11.8. The van der Waals surface area contributed by atoms with Crippen LogP contribution in [-0.4, -0.2) is 28.8 Å². The lowest BCUT2D eigenvalue weighted by Gasteiger charge is -2.27. The molecule has 1 aliphatic carbocycles. The number of amides is 1. The first-order valence-electron chi connectivity index (χ1n) is 6.88. The van der Waals surface area contributed by atoms with Crippen LogP contribution >= 0.6 is 0 Å². The second-order valence-corrected chi connectivity index (χ2v) is 5.22. The Balaban J connectivity index is 1.80. The largest absolute Gasteiger partial charge is 0.508 e. The Hall–Kier alpha value is -1.55. The molecule has 19 heavy (non-hydrogen) atoms. The Labute approximate surface area is 113 Å². The molecule has 0 radical (unpaired) electrons. The van der Waals surface area contributed by atoms with E-state index in [-0.39, 0.29) is 30.1 Å². The quantitative estimate of drug-likeness (QED) is 0.773. The number of benzene rings is 1. The zero-order chi connectivity index (χ0) is 13.7. The molecule has 0 saturated heterocycles. The van der Waals surface area contributed by atoms with E-state index in [1.54, 1.807) is 24.3 Å². The van der Waals surface area contributed by atoms with Gasteiger partial charge in [0, 0.05) is 18.0 Å². The Morgan fingerprint density at radius 3 is 2.74 bits per heavy atom. The maximum absolute atomic E-state index is 11.8. The Morgan fingerprint density at radius 2 is 2.00 bits per heavy atom. The molecule has 3 N–H and O–H groups in total. The molecule has 104 valence electrons. The average Bonchev–Trinajstić information content (AvgIpc) is 2.40. The summed E-state index contributed by atoms with van der Waals surface area (Å²) in [5, 5.41) is 22.3. The molecule has 0 heterocycles. The second-order valence-electron chi connectivity index (χ2n) is 5.22. The highest BCUT2D eigenvalue weighted by Gasteiger charge is 2.23. The molecule has 1 aromatic rings. The Kier molecular flexibility index (Phi) is 4.80. The van der Waals surface area contributed by atoms with Gasteiger partial charge in [-0.25, -0.2) is 0 Å². The molecule has 1 amide bonds. The van der Waals surface area contributed by atoms with E-state index >= 15 is 0 Å². The first-order valence-corrected chi connectivity index (χ1v) is 6.88. The summed E-state index contributed by atoms with van der Waals surface area (Å²) < 4.78 is 0. The number of carbonyl (C=O) groups excluding carboxylic acids is 1. The molecule has 0 spiro atoms. The molecule has 2 atom stereocenters. The van der Waals surface area contributed by atoms with Gasteiger partial charge in [0.1, 0.15) is 5.75 Å². The fourth-order valence-electron chi connectivity index (χ4n) is 2.57. The number of hydrogen-bond acceptors (Lipinski definition) is 3. The van der Waals surface area contributed by atoms with Gasteiger partial charge in [0.2, 0.25) is 5.91 Å². The van der Waals surface area contributed by atoms with Crippen molar-refractivity contribution in [1.82, 2.24) is 5.32 Å². The third kappa shape index (κ3) is 3.96. The predicted octanol–water partition coefficient (Wildman–Crippen LogP) is 1.60. The van der Waals surface area contributed by atoms with Crippen molar-refractivity contribution >= 4 is 5.91 Å². The van der Waals surface area contributed by atoms with E-state index in [0.717, 1.165) is 25.7 Å². The maximum Gasteiger partial charge on any atom is 0.224 e. The molecule has 1 aromatic carbocycles. The van der Waals surface area contributed by atoms with E-state index in [2.05, 4.69) is 5.32 Å². The number of aliphatic hydroxyl groups excluding tert-OH is 1. The minimum atomic E-state index is -0.292. The topological polar surface area (TPSA) is 69.6 Å². The molecule has 1 saturated carbocycles. The van der Waals surface area contributed by atoms with Gasteiger partial charge in [-0.3, -0.25) is 4.79 Å². The molecule has 4 heteroatoms. The van der Waals surface area contributed by atoms with Crippen LogP contribution in [0, 0.1) is 5.92 Å². The number of phenolic OH excluding ortho intramolecular Hbond substituents is 1. The monoisotopic (exact) mass is 263 g/mol. The molecule has 4 nitrogen and oxygen atoms in total. The lowest BCUT2D eigenvalue weighted by molar-refractivity contribution is -0.120. The van der Waals surface area contributed by atoms with Crippen LogP contribution in [0.4, 0.5) is 0 Å². The highest BCUT2D eigenvalue weighted by molar-refractivity contribution is 5.79. The van der Waals surface area contributed by atoms with Crippen molar-refractivity contribution in [2.75, 3.05) is 6.54 Å². The summed E-state index contributed by atoms with van der Waals surface area (Å²) in [6, 6.07) is 6.85. The Morgan fingerprint density at radius 1 is 1.26 bits per heavy atom. The van der Waals surface area contributed by atoms with Crippen LogP contribution in [0.2, 0.25) is 0 Å². The molecule has 0 unspecified atom stereocenters. The van der Waals surface area contributed by atoms with Crippen LogP contribution < -0.4 is 5.32 Å². The number of aliphatic hydroxyl groups is 1. The molecular weight excluding hydrogens is 242 g/mol. The van der Waals surface area contributed by atoms with Crippen molar-refractivity contribution in [1.29, 1.82) is 0 Å². The van der Waals surface area contributed by atoms with Gasteiger partial charge in [0.05, 0.1) is 12.5 Å². The zero-order valence-electron chi connectivity index (χ0n) is 11.0. The first kappa shape index (κ1) is 13.9. The lowest BCUT2D eigenvalue weighted by Crippen LogP contribution is -2.37. The number of para-hydroxylation sites is 1. The molecule has 0 aromatic heterocycles. The van der Waals surface area contributed by atoms with Gasteiger partial charge >= 0.3 is 0 Å². The number of nitrogens with one attached hydrogen (secondary N) is 1. The standard InChI is InChI=1S/C15H21NO3/c17-13-7-3-1-5-11(13)9-15(19)16-10-12-6-2-4-8-14(12)18/h1,3,5,7,12,14,17-18H,2,4,6,8-10H2,(H,16,19)/t12-,14-/m0/s1. The third-order valence-corrected chi connectivity index (χ3v) is 3.77. The fourth-order valence-corrected chi connectivity index (χ4v) is 2.57. The molecule has 1 fully saturated rings. The van der Waals surface area contributed by atoms with Crippen LogP contribution in [0.25, 0.3) is 0 Å². The van der Waals surface area contributed by atoms with Crippen molar-refractivity contribution in [3.05, 3.63) is 29.8 Å². The van der Waals surface area contributed by atoms with Gasteiger partial charge in [-0.05, 0) is 18.9 Å². The van der Waals surface area contributed by atoms with Gasteiger partial charge < -0.3 is 15.5 Å². The van der Waals surface area contributed by atoms with E-state index < -0.39 is 0 Å². The lowest BCUT2D eigenvalue weighted by atomic mass is 9.86. The fraction of sp³-hybridized carbons (Fsp3) is 0.533. The van der Waals surface area contributed by atoms with Crippen molar-refractivity contribution in [2.24, 2.45) is 5.92 Å². The highest BCUT2D eigenvalue weighted by Crippen LogP contribution is 2.23. The second kappa shape index (κ2) is 6.57. The van der Waals surface area contributed by atoms with E-state index in [1.165, 1.54) is 0 Å². The summed E-state index contributed by atoms with van der Waals surface area (Å²) in [4.78, 5) is 11.8.